The molecule has 2 unspecified atom stereocenters. The van der Waals surface area contributed by atoms with Gasteiger partial charge in [-0.1, -0.05) is 195 Å². The van der Waals surface area contributed by atoms with Crippen LogP contribution in [-0.2, 0) is 33.3 Å². The molecule has 9 heteroatoms. The highest BCUT2D eigenvalue weighted by molar-refractivity contribution is 5.70. The van der Waals surface area contributed by atoms with Gasteiger partial charge in [0.1, 0.15) is 13.2 Å². The molecule has 0 spiro atoms. The second kappa shape index (κ2) is 46.0. The first-order valence-corrected chi connectivity index (χ1v) is 25.2. The van der Waals surface area contributed by atoms with Crippen LogP contribution in [0.5, 0.6) is 0 Å². The Morgan fingerprint density at radius 2 is 0.891 bits per heavy atom. The Morgan fingerprint density at radius 1 is 0.484 bits per heavy atom. The topological polar surface area (TPSA) is 111 Å². The van der Waals surface area contributed by atoms with E-state index in [2.05, 4.69) is 92.8 Å². The first-order valence-electron chi connectivity index (χ1n) is 25.2. The molecule has 0 bridgehead atoms. The number of rotatable bonds is 45. The van der Waals surface area contributed by atoms with E-state index < -0.39 is 24.3 Å². The van der Waals surface area contributed by atoms with Crippen LogP contribution in [0.25, 0.3) is 0 Å². The molecule has 0 aromatic carbocycles. The Bertz CT molecular complexity index is 1320. The fourth-order valence-corrected chi connectivity index (χ4v) is 6.52. The lowest BCUT2D eigenvalue weighted by Crippen LogP contribution is -2.44. The van der Waals surface area contributed by atoms with Crippen LogP contribution in [0.4, 0.5) is 0 Å². The van der Waals surface area contributed by atoms with Crippen LogP contribution in [0, 0.1) is 0 Å². The molecular weight excluding hydrogens is 803 g/mol. The summed E-state index contributed by atoms with van der Waals surface area (Å²) in [6.07, 6.45) is 56.2. The van der Waals surface area contributed by atoms with Crippen LogP contribution in [0.2, 0.25) is 0 Å². The van der Waals surface area contributed by atoms with Crippen molar-refractivity contribution in [3.63, 3.8) is 0 Å². The second-order valence-corrected chi connectivity index (χ2v) is 17.7. The number of carbonyl (C=O) groups excluding carboxylic acids is 3. The number of aliphatic carboxylic acids is 1. The first-order chi connectivity index (χ1) is 31.1. The molecule has 0 N–H and O–H groups in total. The van der Waals surface area contributed by atoms with Crippen molar-refractivity contribution in [2.45, 2.75) is 200 Å². The number of carboxylic acid groups (broad SMARTS) is 1. The summed E-state index contributed by atoms with van der Waals surface area (Å²) >= 11 is 0. The van der Waals surface area contributed by atoms with Gasteiger partial charge in [-0.15, -0.1) is 0 Å². The molecule has 64 heavy (non-hydrogen) atoms. The smallest absolute Gasteiger partial charge is 0.306 e. The highest BCUT2D eigenvalue weighted by Crippen LogP contribution is 2.15. The molecule has 0 amide bonds. The minimum atomic E-state index is -1.64. The van der Waals surface area contributed by atoms with Gasteiger partial charge >= 0.3 is 11.9 Å². The number of carboxylic acids is 1. The van der Waals surface area contributed by atoms with Crippen molar-refractivity contribution in [1.29, 1.82) is 0 Å². The number of hydrogen-bond acceptors (Lipinski definition) is 8. The molecule has 366 valence electrons. The highest BCUT2D eigenvalue weighted by Gasteiger charge is 2.21. The Kier molecular flexibility index (Phi) is 43.5. The van der Waals surface area contributed by atoms with E-state index in [0.29, 0.717) is 23.9 Å². The number of esters is 2. The van der Waals surface area contributed by atoms with Crippen molar-refractivity contribution in [2.24, 2.45) is 0 Å². The summed E-state index contributed by atoms with van der Waals surface area (Å²) in [5, 5.41) is 11.7. The molecule has 0 heterocycles. The standard InChI is InChI=1S/C55H93NO8/c1-6-8-10-12-14-16-18-20-22-24-25-26-27-28-29-30-32-34-36-38-40-42-44-46-53(58)64-51(50-63-55(54(59)60)61-48-47-56(3,4)5)49-62-52(57)45-43-41-39-37-35-33-31-23-21-19-17-15-13-11-9-7-2/h8,10,14,16,20,22,25-26,28-29,32,34,38,40,51,55H,6-7,9,11-13,15,17-19,21,23-24,27,30-31,33,35-37,39,41-50H2,1-5H3/b10-8-,16-14-,22-20-,26-25-,29-28-,34-32-,40-38-. The van der Waals surface area contributed by atoms with Crippen molar-refractivity contribution < 1.29 is 42.9 Å². The average Bonchev–Trinajstić information content (AvgIpc) is 3.26. The molecular formula is C55H93NO8. The largest absolute Gasteiger partial charge is 0.545 e. The maximum absolute atomic E-state index is 12.8. The molecule has 9 nitrogen and oxygen atoms in total. The number of quaternary nitrogens is 1. The zero-order valence-electron chi connectivity index (χ0n) is 41.4. The van der Waals surface area contributed by atoms with E-state index in [1.165, 1.54) is 83.5 Å². The van der Waals surface area contributed by atoms with E-state index in [1.807, 2.05) is 27.2 Å². The summed E-state index contributed by atoms with van der Waals surface area (Å²) in [4.78, 5) is 37.1. The van der Waals surface area contributed by atoms with Crippen LogP contribution in [-0.4, -0.2) is 82.3 Å². The van der Waals surface area contributed by atoms with Crippen LogP contribution in [0.1, 0.15) is 187 Å². The number of carbonyl (C=O) groups is 3. The van der Waals surface area contributed by atoms with Crippen molar-refractivity contribution in [3.05, 3.63) is 85.1 Å². The number of nitrogens with zero attached hydrogens (tertiary/aromatic N) is 1. The average molecular weight is 896 g/mol. The van der Waals surface area contributed by atoms with Gasteiger partial charge in [-0.25, -0.2) is 0 Å². The van der Waals surface area contributed by atoms with Gasteiger partial charge in [0.05, 0.1) is 40.3 Å². The Morgan fingerprint density at radius 3 is 1.31 bits per heavy atom. The lowest BCUT2D eigenvalue weighted by atomic mass is 10.0. The lowest BCUT2D eigenvalue weighted by molar-refractivity contribution is -0.870. The van der Waals surface area contributed by atoms with Gasteiger partial charge in [-0.05, 0) is 64.2 Å². The Hall–Kier alpha value is -3.53. The van der Waals surface area contributed by atoms with E-state index in [1.54, 1.807) is 0 Å². The summed E-state index contributed by atoms with van der Waals surface area (Å²) in [7, 11) is 5.89. The van der Waals surface area contributed by atoms with E-state index in [4.69, 9.17) is 18.9 Å². The maximum atomic E-state index is 12.8. The molecule has 0 aliphatic rings. The summed E-state index contributed by atoms with van der Waals surface area (Å²) in [6.45, 7) is 4.56. The summed E-state index contributed by atoms with van der Waals surface area (Å²) in [6, 6.07) is 0. The highest BCUT2D eigenvalue weighted by atomic mass is 16.7. The zero-order valence-corrected chi connectivity index (χ0v) is 41.4. The maximum Gasteiger partial charge on any atom is 0.306 e. The van der Waals surface area contributed by atoms with E-state index in [9.17, 15) is 19.5 Å². The van der Waals surface area contributed by atoms with E-state index in [0.717, 1.165) is 64.2 Å². The molecule has 0 aliphatic heterocycles. The summed E-state index contributed by atoms with van der Waals surface area (Å²) in [5.41, 5.74) is 0. The van der Waals surface area contributed by atoms with Gasteiger partial charge in [-0.3, -0.25) is 9.59 Å². The van der Waals surface area contributed by atoms with Gasteiger partial charge in [0, 0.05) is 12.8 Å². The lowest BCUT2D eigenvalue weighted by Gasteiger charge is -2.26. The van der Waals surface area contributed by atoms with Gasteiger partial charge < -0.3 is 33.3 Å². The fraction of sp³-hybridized carbons (Fsp3) is 0.691. The minimum Gasteiger partial charge on any atom is -0.545 e. The minimum absolute atomic E-state index is 0.133. The van der Waals surface area contributed by atoms with Gasteiger partial charge in [0.25, 0.3) is 0 Å². The fourth-order valence-electron chi connectivity index (χ4n) is 6.52. The van der Waals surface area contributed by atoms with Crippen molar-refractivity contribution in [2.75, 3.05) is 47.5 Å². The molecule has 0 saturated carbocycles. The summed E-state index contributed by atoms with van der Waals surface area (Å²) < 4.78 is 22.5. The second-order valence-electron chi connectivity index (χ2n) is 17.7. The third kappa shape index (κ3) is 46.5. The van der Waals surface area contributed by atoms with Crippen LogP contribution < -0.4 is 5.11 Å². The van der Waals surface area contributed by atoms with Gasteiger partial charge in [-0.2, -0.15) is 0 Å². The number of hydrogen-bond donors (Lipinski definition) is 0. The number of unbranched alkanes of at least 4 members (excludes halogenated alkanes) is 16. The molecule has 0 aliphatic carbocycles. The molecule has 0 fully saturated rings. The number of ether oxygens (including phenoxy) is 4. The molecule has 0 aromatic heterocycles. The molecule has 0 saturated heterocycles. The number of allylic oxidation sites excluding steroid dienone is 14. The van der Waals surface area contributed by atoms with E-state index in [-0.39, 0.29) is 38.6 Å². The first kappa shape index (κ1) is 60.5. The quantitative estimate of drug-likeness (QED) is 0.0195. The predicted molar refractivity (Wildman–Crippen MR) is 264 cm³/mol. The third-order valence-electron chi connectivity index (χ3n) is 10.4. The normalized spacial score (nSPS) is 13.6. The molecule has 2 atom stereocenters. The molecule has 0 aromatic rings. The molecule has 0 radical (unpaired) electrons. The third-order valence-corrected chi connectivity index (χ3v) is 10.4. The van der Waals surface area contributed by atoms with Gasteiger partial charge in [0.15, 0.2) is 12.4 Å². The SMILES string of the molecule is CC/C=C\C/C=C\C/C=C\C/C=C\C/C=C\C/C=C\C/C=C\CCCC(=O)OC(COC(=O)CCCCCCCCCCCCCCCCCC)COC(OCC[N+](C)(C)C)C(=O)[O-]. The zero-order chi connectivity index (χ0) is 47.0. The summed E-state index contributed by atoms with van der Waals surface area (Å²) in [5.74, 6) is -2.37. The van der Waals surface area contributed by atoms with Crippen molar-refractivity contribution in [1.82, 2.24) is 0 Å². The Balaban J connectivity index is 4.48. The van der Waals surface area contributed by atoms with Crippen molar-refractivity contribution >= 4 is 17.9 Å². The van der Waals surface area contributed by atoms with Crippen molar-refractivity contribution in [3.8, 4) is 0 Å². The van der Waals surface area contributed by atoms with Crippen LogP contribution >= 0.6 is 0 Å². The van der Waals surface area contributed by atoms with Crippen LogP contribution in [0.15, 0.2) is 85.1 Å². The number of likely N-dealkylation sites (N-methyl/N-ethyl adjacent to an activating group) is 1. The van der Waals surface area contributed by atoms with E-state index >= 15 is 0 Å². The predicted octanol–water partition coefficient (Wildman–Crippen LogP) is 12.7. The van der Waals surface area contributed by atoms with Gasteiger partial charge in [0.2, 0.25) is 0 Å². The Labute approximate surface area is 391 Å². The monoisotopic (exact) mass is 896 g/mol. The van der Waals surface area contributed by atoms with Crippen LogP contribution in [0.3, 0.4) is 0 Å². The molecule has 0 rings (SSSR count).